The first-order valence-corrected chi connectivity index (χ1v) is 32.8. The van der Waals surface area contributed by atoms with E-state index in [9.17, 15) is 39.0 Å². The third-order valence-corrected chi connectivity index (χ3v) is 14.9. The van der Waals surface area contributed by atoms with Crippen molar-refractivity contribution >= 4 is 93.5 Å². The number of rotatable bonds is 11. The number of morpholine rings is 2. The van der Waals surface area contributed by atoms with Crippen molar-refractivity contribution in [2.75, 3.05) is 55.5 Å². The lowest BCUT2D eigenvalue weighted by Gasteiger charge is -2.37. The normalized spacial score (nSPS) is 14.2. The summed E-state index contributed by atoms with van der Waals surface area (Å²) in [5.41, 5.74) is 12.4. The van der Waals surface area contributed by atoms with Crippen molar-refractivity contribution < 1.29 is 48.5 Å². The van der Waals surface area contributed by atoms with E-state index in [1.807, 2.05) is 65.8 Å². The number of aliphatic imine (C=N–C) groups is 1. The van der Waals surface area contributed by atoms with E-state index in [-0.39, 0.29) is 89.4 Å². The summed E-state index contributed by atoms with van der Waals surface area (Å²) >= 11 is 21.8. The van der Waals surface area contributed by atoms with E-state index in [4.69, 9.17) is 61.6 Å². The molecule has 0 saturated carbocycles. The van der Waals surface area contributed by atoms with Crippen LogP contribution in [-0.2, 0) is 47.5 Å². The molecule has 2 fully saturated rings. The average Bonchev–Trinajstić information content (AvgIpc) is 1.37. The number of isocyanates is 1. The van der Waals surface area contributed by atoms with Gasteiger partial charge < -0.3 is 56.5 Å². The Morgan fingerprint density at radius 3 is 1.39 bits per heavy atom. The van der Waals surface area contributed by atoms with Crippen LogP contribution in [0.4, 0.5) is 16.2 Å². The van der Waals surface area contributed by atoms with E-state index < -0.39 is 47.6 Å². The van der Waals surface area contributed by atoms with Gasteiger partial charge in [-0.2, -0.15) is 10.2 Å². The molecule has 8 N–H and O–H groups in total. The summed E-state index contributed by atoms with van der Waals surface area (Å²) in [5, 5.41) is 42.1. The summed E-state index contributed by atoms with van der Waals surface area (Å²) in [6, 6.07) is 37.4. The molecule has 540 valence electrons. The molecule has 0 unspecified atom stereocenters. The largest absolute Gasteiger partial charge is 0.507 e. The number of ether oxygens (including phenoxy) is 2. The summed E-state index contributed by atoms with van der Waals surface area (Å²) in [4.78, 5) is 82.6. The van der Waals surface area contributed by atoms with Gasteiger partial charge in [-0.25, -0.2) is 14.6 Å². The first-order chi connectivity index (χ1) is 47.1. The number of hydrogen-bond acceptors (Lipinski definition) is 14. The van der Waals surface area contributed by atoms with Gasteiger partial charge in [0.25, 0.3) is 5.91 Å². The monoisotopic (exact) mass is 1470 g/mol. The van der Waals surface area contributed by atoms with Crippen molar-refractivity contribution in [2.24, 2.45) is 24.8 Å². The third-order valence-electron chi connectivity index (χ3n) is 14.5. The van der Waals surface area contributed by atoms with Crippen LogP contribution in [0.1, 0.15) is 109 Å². The number of anilines is 2. The Bertz CT molecular complexity index is 4290. The lowest BCUT2D eigenvalue weighted by Crippen LogP contribution is -2.58. The van der Waals surface area contributed by atoms with Gasteiger partial charge in [-0.1, -0.05) is 130 Å². The van der Waals surface area contributed by atoms with Crippen LogP contribution in [0.3, 0.4) is 0 Å². The van der Waals surface area contributed by atoms with Crippen LogP contribution < -0.4 is 27.0 Å². The van der Waals surface area contributed by atoms with E-state index in [1.165, 1.54) is 28.0 Å². The van der Waals surface area contributed by atoms with Crippen molar-refractivity contribution in [1.29, 1.82) is 0 Å². The van der Waals surface area contributed by atoms with Crippen LogP contribution in [-0.4, -0.2) is 143 Å². The quantitative estimate of drug-likeness (QED) is 0.0275. The lowest BCUT2D eigenvalue weighted by molar-refractivity contribution is -0.148. The summed E-state index contributed by atoms with van der Waals surface area (Å²) < 4.78 is 14.3. The smallest absolute Gasteiger partial charge is 0.316 e. The molecule has 0 aliphatic carbocycles. The number of phenolic OH excluding ortho intramolecular Hbond substituents is 2. The molecule has 2 saturated heterocycles. The van der Waals surface area contributed by atoms with Crippen LogP contribution >= 0.6 is 46.4 Å². The minimum Gasteiger partial charge on any atom is -0.507 e. The number of aryl methyl sites for hydroxylation is 2. The summed E-state index contributed by atoms with van der Waals surface area (Å²) in [6.07, 6.45) is 5.00. The maximum Gasteiger partial charge on any atom is 0.316 e. The molecule has 2 aromatic heterocycles. The molecule has 0 radical (unpaired) electrons. The van der Waals surface area contributed by atoms with Crippen LogP contribution in [0.2, 0.25) is 10.0 Å². The van der Waals surface area contributed by atoms with E-state index >= 15 is 0 Å². The Balaban J connectivity index is 0.000000375. The molecule has 0 spiro atoms. The first-order valence-electron chi connectivity index (χ1n) is 31.0. The fourth-order valence-electron chi connectivity index (χ4n) is 9.85. The molecular weight excluding hydrogens is 1380 g/mol. The molecule has 4 atom stereocenters. The summed E-state index contributed by atoms with van der Waals surface area (Å²) in [7, 11) is 3.54. The molecule has 10 rings (SSSR count). The molecule has 26 heteroatoms. The molecule has 6 amide bonds. The number of nitrogens with two attached hydrogens (primary N) is 1. The number of alkyl halides is 2. The van der Waals surface area contributed by atoms with Crippen molar-refractivity contribution in [3.63, 3.8) is 0 Å². The van der Waals surface area contributed by atoms with E-state index in [2.05, 4.69) is 60.1 Å². The van der Waals surface area contributed by atoms with Gasteiger partial charge in [-0.3, -0.25) is 28.5 Å². The zero-order chi connectivity index (χ0) is 72.0. The van der Waals surface area contributed by atoms with Crippen molar-refractivity contribution in [2.45, 2.75) is 99.1 Å². The molecule has 4 heterocycles. The van der Waals surface area contributed by atoms with Gasteiger partial charge in [0.05, 0.1) is 48.4 Å². The molecule has 2 aliphatic rings. The second-order valence-corrected chi connectivity index (χ2v) is 26.1. The predicted molar refractivity (Wildman–Crippen MR) is 404 cm³/mol. The summed E-state index contributed by atoms with van der Waals surface area (Å²) in [6.45, 7) is 12.2. The second-order valence-electron chi connectivity index (χ2n) is 24.4. The number of nitrogens with zero attached hydrogens (tertiary/aromatic N) is 7. The molecule has 2 aliphatic heterocycles. The van der Waals surface area contributed by atoms with Crippen LogP contribution in [0.25, 0.3) is 22.5 Å². The molecule has 0 bridgehead atoms. The fraction of sp³-hybridized carbons (Fsp3) is 0.316. The minimum atomic E-state index is -1.01. The number of carbonyl (C=O) groups is 5. The van der Waals surface area contributed by atoms with Gasteiger partial charge in [0, 0.05) is 88.8 Å². The van der Waals surface area contributed by atoms with Crippen LogP contribution in [0.15, 0.2) is 163 Å². The minimum absolute atomic E-state index is 0. The van der Waals surface area contributed by atoms with Gasteiger partial charge in [0.15, 0.2) is 0 Å². The highest BCUT2D eigenvalue weighted by molar-refractivity contribution is 6.40. The van der Waals surface area contributed by atoms with E-state index in [0.29, 0.717) is 83.9 Å². The maximum atomic E-state index is 14.0. The zero-order valence-electron chi connectivity index (χ0n) is 55.7. The maximum absolute atomic E-state index is 14.0. The average molecular weight is 1470 g/mol. The number of urea groups is 1. The topological polar surface area (TPSA) is 290 Å². The number of phenols is 2. The zero-order valence-corrected chi connectivity index (χ0v) is 58.7. The number of halogens is 4. The highest BCUT2D eigenvalue weighted by atomic mass is 35.5. The molecular formula is C76H88Cl4N12O10. The van der Waals surface area contributed by atoms with Gasteiger partial charge in [-0.15, -0.1) is 23.2 Å². The van der Waals surface area contributed by atoms with Crippen molar-refractivity contribution in [3.8, 4) is 57.7 Å². The highest BCUT2D eigenvalue weighted by Gasteiger charge is 2.39. The number of carbonyl (C=O) groups excluding carboxylic acids is 6. The van der Waals surface area contributed by atoms with Crippen LogP contribution in [0, 0.1) is 23.7 Å². The fourth-order valence-corrected chi connectivity index (χ4v) is 10.2. The number of nitrogens with one attached hydrogen (secondary N) is 4. The number of aromatic nitrogens is 4. The Hall–Kier alpha value is -9.97. The Morgan fingerprint density at radius 1 is 0.608 bits per heavy atom. The molecule has 22 nitrogen and oxygen atoms in total. The number of hydrogen-bond donors (Lipinski definition) is 7. The second kappa shape index (κ2) is 39.9. The standard InChI is InChI=1S/C36H37ClN6O5.C31H28ClN5O4.C5H9NO.CH2Cl2.3CH4/c1-36(2,3)40-35(47)39-32(24-8-6-5-7-9-24)34(46)43-18-19-48-22-29(43)33(45)38-27-15-11-23(12-16-27)10-13-25-21-42(4)41-31(25)28-20-26(37)14-17-30(28)44;1-36-18-22(29(35-36)25-17-23(32)11-14-27(25)38)10-7-20-8-12-24(13-9-20)34-30(39)26-19-41-16-15-37(26)31(40)28(33)21-5-3-2-4-6-21;1-5(2,3)6-4-7;2-1-3;;;/h5-9,11-12,14-17,20-21,29,32,44H,18-19,22H2,1-4H3,(H,38,45)(H2,39,40,47);2-6,8-9,11-14,17-18,26,28,38H,15-16,19,33H2,1H3,(H,34,39);1-3H3;1H2;3*1H4/t29-,32+;26-,28+;;;;;/m00...../s1. The highest BCUT2D eigenvalue weighted by Crippen LogP contribution is 2.34. The Morgan fingerprint density at radius 2 is 1.01 bits per heavy atom. The van der Waals surface area contributed by atoms with Gasteiger partial charge >= 0.3 is 6.03 Å². The van der Waals surface area contributed by atoms with E-state index in [0.717, 1.165) is 0 Å². The van der Waals surface area contributed by atoms with Gasteiger partial charge in [0.2, 0.25) is 23.8 Å². The third kappa shape index (κ3) is 25.0. The predicted octanol–water partition coefficient (Wildman–Crippen LogP) is 13.0. The lowest BCUT2D eigenvalue weighted by atomic mass is 10.0. The van der Waals surface area contributed by atoms with E-state index in [1.54, 1.807) is 145 Å². The first kappa shape index (κ1) is 84.4. The molecule has 102 heavy (non-hydrogen) atoms. The van der Waals surface area contributed by atoms with Crippen molar-refractivity contribution in [3.05, 3.63) is 201 Å². The number of amides is 6. The Labute approximate surface area is 616 Å². The Kier molecular flexibility index (Phi) is 33.0. The van der Waals surface area contributed by atoms with Crippen LogP contribution in [0.5, 0.6) is 11.5 Å². The van der Waals surface area contributed by atoms with Crippen molar-refractivity contribution in [1.82, 2.24) is 40.0 Å². The molecule has 8 aromatic rings. The number of aromatic hydroxyl groups is 2. The van der Waals surface area contributed by atoms with Gasteiger partial charge in [0.1, 0.15) is 47.1 Å². The SMILES string of the molecule is C.C.C.CC(C)(C)N=C=O.ClCCl.Cn1cc(C#Cc2ccc(NC(=O)[C@@H]3COCCN3C(=O)[C@H](N)c3ccccc3)cc2)c(-c2cc(Cl)ccc2O)n1.Cn1cc(C#Cc2ccc(NC(=O)[C@@H]3COCCN3C(=O)[C@H](NC(=O)NC(C)(C)C)c3ccccc3)cc2)c(-c2cc(Cl)ccc2O)n1. The van der Waals surface area contributed by atoms with Gasteiger partial charge in [-0.05, 0) is 138 Å². The number of benzene rings is 6. The summed E-state index contributed by atoms with van der Waals surface area (Å²) in [5.74, 6) is 11.0. The molecule has 6 aromatic carbocycles.